The summed E-state index contributed by atoms with van der Waals surface area (Å²) in [7, 11) is -3.23. The van der Waals surface area contributed by atoms with Gasteiger partial charge in [0.25, 0.3) is 5.91 Å². The maximum atomic E-state index is 13.6. The molecule has 0 saturated heterocycles. The largest absolute Gasteiger partial charge is 0.327 e. The van der Waals surface area contributed by atoms with E-state index >= 15 is 0 Å². The van der Waals surface area contributed by atoms with Crippen molar-refractivity contribution in [2.45, 2.75) is 37.8 Å². The molecule has 1 fully saturated rings. The van der Waals surface area contributed by atoms with E-state index in [4.69, 9.17) is 0 Å². The fourth-order valence-corrected chi connectivity index (χ4v) is 6.64. The van der Waals surface area contributed by atoms with Gasteiger partial charge < -0.3 is 9.47 Å². The number of aromatic nitrogens is 5. The number of hydrogen-bond acceptors (Lipinski definition) is 9. The highest BCUT2D eigenvalue weighted by Crippen LogP contribution is 2.40. The first-order valence-corrected chi connectivity index (χ1v) is 15.5. The minimum absolute atomic E-state index is 0.0500. The molecule has 1 aromatic carbocycles. The Hall–Kier alpha value is -2.96. The van der Waals surface area contributed by atoms with Crippen LogP contribution in [0.2, 0.25) is 0 Å². The molecule has 3 aromatic heterocycles. The fraction of sp³-hybridized carbons (Fsp3) is 0.375. The number of hydrogen-bond donors (Lipinski definition) is 0. The second-order valence-corrected chi connectivity index (χ2v) is 13.2. The molecule has 0 bridgehead atoms. The van der Waals surface area contributed by atoms with E-state index in [1.54, 1.807) is 16.2 Å². The summed E-state index contributed by atoms with van der Waals surface area (Å²) >= 11 is 2.96. The Labute approximate surface area is 216 Å². The van der Waals surface area contributed by atoms with Crippen LogP contribution in [0.25, 0.3) is 21.3 Å². The Kier molecular flexibility index (Phi) is 5.97. The van der Waals surface area contributed by atoms with Crippen LogP contribution < -0.4 is 0 Å². The molecule has 186 valence electrons. The van der Waals surface area contributed by atoms with Crippen LogP contribution in [-0.2, 0) is 16.4 Å². The quantitative estimate of drug-likeness (QED) is 0.348. The Morgan fingerprint density at radius 2 is 1.92 bits per heavy atom. The van der Waals surface area contributed by atoms with Gasteiger partial charge in [-0.15, -0.1) is 21.5 Å². The highest BCUT2D eigenvalue weighted by molar-refractivity contribution is 7.90. The zero-order chi connectivity index (χ0) is 24.9. The monoisotopic (exact) mass is 540 g/mol. The lowest BCUT2D eigenvalue weighted by molar-refractivity contribution is 0.0612. The Balaban J connectivity index is 1.30. The van der Waals surface area contributed by atoms with Gasteiger partial charge in [0, 0.05) is 35.7 Å². The maximum Gasteiger partial charge on any atom is 0.254 e. The average molecular weight is 541 g/mol. The van der Waals surface area contributed by atoms with Crippen LogP contribution in [0.4, 0.5) is 0 Å². The zero-order valence-electron chi connectivity index (χ0n) is 19.6. The summed E-state index contributed by atoms with van der Waals surface area (Å²) in [4.78, 5) is 21.1. The first-order chi connectivity index (χ1) is 17.4. The molecule has 1 aliphatic heterocycles. The predicted molar refractivity (Wildman–Crippen MR) is 139 cm³/mol. The van der Waals surface area contributed by atoms with Crippen LogP contribution >= 0.6 is 22.9 Å². The standard InChI is InChI=1S/C24H24N6O3S3/c1-36(32,33)14-10-18-21-26-27-22(23-25-20(28-35-23)16-6-7-16)30(21)12-11-29(18)24(31)17-8-4-15(5-9-17)19-3-2-13-34-19/h2-5,8-9,13,16,18H,6-7,10-12,14H2,1H3. The number of amides is 1. The van der Waals surface area contributed by atoms with Crippen molar-refractivity contribution < 1.29 is 13.2 Å². The Morgan fingerprint density at radius 3 is 2.61 bits per heavy atom. The summed E-state index contributed by atoms with van der Waals surface area (Å²) < 4.78 is 30.5. The second-order valence-electron chi connectivity index (χ2n) is 9.25. The number of nitrogens with zero attached hydrogens (tertiary/aromatic N) is 6. The lowest BCUT2D eigenvalue weighted by atomic mass is 10.1. The van der Waals surface area contributed by atoms with Crippen molar-refractivity contribution in [2.75, 3.05) is 18.6 Å². The summed E-state index contributed by atoms with van der Waals surface area (Å²) in [6.45, 7) is 0.927. The number of carbonyl (C=O) groups excluding carboxylic acids is 1. The minimum atomic E-state index is -3.23. The maximum absolute atomic E-state index is 13.6. The van der Waals surface area contributed by atoms with Crippen molar-refractivity contribution in [3.05, 3.63) is 59.0 Å². The first-order valence-electron chi connectivity index (χ1n) is 11.8. The van der Waals surface area contributed by atoms with E-state index in [1.165, 1.54) is 17.8 Å². The van der Waals surface area contributed by atoms with E-state index in [9.17, 15) is 13.2 Å². The van der Waals surface area contributed by atoms with Gasteiger partial charge in [0.15, 0.2) is 16.7 Å². The third kappa shape index (κ3) is 4.60. The second kappa shape index (κ2) is 9.16. The normalized spacial score (nSPS) is 17.8. The van der Waals surface area contributed by atoms with Gasteiger partial charge in [0.1, 0.15) is 15.7 Å². The number of fused-ring (bicyclic) bond motifs is 1. The number of thiophene rings is 1. The van der Waals surface area contributed by atoms with Gasteiger partial charge in [0.05, 0.1) is 11.8 Å². The summed E-state index contributed by atoms with van der Waals surface area (Å²) in [5, 5.41) is 11.6. The van der Waals surface area contributed by atoms with Crippen LogP contribution in [0.5, 0.6) is 0 Å². The molecule has 36 heavy (non-hydrogen) atoms. The predicted octanol–water partition coefficient (Wildman–Crippen LogP) is 4.03. The van der Waals surface area contributed by atoms with Crippen LogP contribution in [0.1, 0.15) is 53.2 Å². The summed E-state index contributed by atoms with van der Waals surface area (Å²) in [6.07, 6.45) is 3.70. The van der Waals surface area contributed by atoms with Gasteiger partial charge in [-0.1, -0.05) is 18.2 Å². The molecule has 1 unspecified atom stereocenters. The van der Waals surface area contributed by atoms with Gasteiger partial charge in [-0.25, -0.2) is 13.4 Å². The van der Waals surface area contributed by atoms with Crippen LogP contribution in [0.15, 0.2) is 41.8 Å². The number of carbonyl (C=O) groups is 1. The summed E-state index contributed by atoms with van der Waals surface area (Å²) in [5.74, 6) is 2.33. The van der Waals surface area contributed by atoms with Crippen molar-refractivity contribution in [3.8, 4) is 21.3 Å². The number of sulfone groups is 1. The van der Waals surface area contributed by atoms with Crippen LogP contribution in [0.3, 0.4) is 0 Å². The molecule has 0 N–H and O–H groups in total. The molecule has 1 saturated carbocycles. The molecule has 1 atom stereocenters. The molecule has 1 amide bonds. The SMILES string of the molecule is CS(=O)(=O)CCC1c2nnc(-c3nc(C4CC4)ns3)n2CCN1C(=O)c1ccc(-c2cccs2)cc1. The van der Waals surface area contributed by atoms with Gasteiger partial charge >= 0.3 is 0 Å². The molecular formula is C24H24N6O3S3. The van der Waals surface area contributed by atoms with E-state index in [-0.39, 0.29) is 18.1 Å². The molecular weight excluding hydrogens is 517 g/mol. The van der Waals surface area contributed by atoms with Crippen molar-refractivity contribution >= 4 is 38.6 Å². The average Bonchev–Trinajstić information content (AvgIpc) is 3.26. The molecule has 0 spiro atoms. The highest BCUT2D eigenvalue weighted by atomic mass is 32.2. The molecule has 9 nitrogen and oxygen atoms in total. The van der Waals surface area contributed by atoms with E-state index in [2.05, 4.69) is 19.6 Å². The highest BCUT2D eigenvalue weighted by Gasteiger charge is 2.36. The third-order valence-electron chi connectivity index (χ3n) is 6.55. The van der Waals surface area contributed by atoms with Crippen molar-refractivity contribution in [1.82, 2.24) is 29.0 Å². The Bertz CT molecular complexity index is 1500. The molecule has 12 heteroatoms. The fourth-order valence-electron chi connectivity index (χ4n) is 4.52. The van der Waals surface area contributed by atoms with E-state index in [1.807, 2.05) is 46.3 Å². The van der Waals surface area contributed by atoms with Gasteiger partial charge in [0.2, 0.25) is 0 Å². The summed E-state index contributed by atoms with van der Waals surface area (Å²) in [5.41, 5.74) is 1.62. The van der Waals surface area contributed by atoms with Gasteiger partial charge in [-0.2, -0.15) is 4.37 Å². The molecule has 4 aromatic rings. The van der Waals surface area contributed by atoms with E-state index in [0.717, 1.165) is 29.1 Å². The first kappa shape index (κ1) is 23.4. The van der Waals surface area contributed by atoms with Crippen molar-refractivity contribution in [2.24, 2.45) is 0 Å². The number of benzene rings is 1. The Morgan fingerprint density at radius 1 is 1.11 bits per heavy atom. The topological polar surface area (TPSA) is 111 Å². The molecule has 1 aliphatic carbocycles. The zero-order valence-corrected chi connectivity index (χ0v) is 22.0. The molecule has 0 radical (unpaired) electrons. The lowest BCUT2D eigenvalue weighted by Crippen LogP contribution is -2.43. The summed E-state index contributed by atoms with van der Waals surface area (Å²) in [6, 6.07) is 11.1. The smallest absolute Gasteiger partial charge is 0.254 e. The molecule has 6 rings (SSSR count). The van der Waals surface area contributed by atoms with Crippen molar-refractivity contribution in [1.29, 1.82) is 0 Å². The van der Waals surface area contributed by atoms with Gasteiger partial charge in [-0.3, -0.25) is 4.79 Å². The van der Waals surface area contributed by atoms with Crippen LogP contribution in [-0.4, -0.2) is 61.9 Å². The van der Waals surface area contributed by atoms with Crippen molar-refractivity contribution in [3.63, 3.8) is 0 Å². The van der Waals surface area contributed by atoms with E-state index < -0.39 is 15.9 Å². The molecule has 2 aliphatic rings. The minimum Gasteiger partial charge on any atom is -0.327 e. The van der Waals surface area contributed by atoms with Gasteiger partial charge in [-0.05, 0) is 59.9 Å². The van der Waals surface area contributed by atoms with Crippen LogP contribution in [0, 0.1) is 0 Å². The molecule has 4 heterocycles. The lowest BCUT2D eigenvalue weighted by Gasteiger charge is -2.35. The van der Waals surface area contributed by atoms with E-state index in [0.29, 0.717) is 41.2 Å². The third-order valence-corrected chi connectivity index (χ3v) is 9.18. The number of rotatable bonds is 7.